The number of hydrogen-bond acceptors (Lipinski definition) is 5. The van der Waals surface area contributed by atoms with E-state index in [0.29, 0.717) is 17.2 Å². The highest BCUT2D eigenvalue weighted by Crippen LogP contribution is 2.53. The number of allylic oxidation sites excluding steroid dienone is 2. The van der Waals surface area contributed by atoms with Crippen molar-refractivity contribution in [2.45, 2.75) is 95.7 Å². The largest absolute Gasteiger partial charge is 0.507 e. The third-order valence-electron chi connectivity index (χ3n) is 9.35. The summed E-state index contributed by atoms with van der Waals surface area (Å²) in [6.07, 6.45) is 4.66. The number of hydrogen-bond donors (Lipinski definition) is 2. The van der Waals surface area contributed by atoms with Gasteiger partial charge in [0.1, 0.15) is 17.1 Å². The van der Waals surface area contributed by atoms with E-state index in [1.165, 1.54) is 54.7 Å². The van der Waals surface area contributed by atoms with E-state index >= 15 is 0 Å². The number of primary sulfonamides is 1. The first kappa shape index (κ1) is 36.2. The molecule has 0 fully saturated rings. The number of aryl methyl sites for hydroxylation is 2. The van der Waals surface area contributed by atoms with E-state index in [1.807, 2.05) is 13.0 Å². The number of nitrogens with zero attached hydrogens (tertiary/aromatic N) is 2. The molecule has 1 aliphatic heterocycles. The Kier molecular flexibility index (Phi) is 10.4. The van der Waals surface area contributed by atoms with E-state index in [0.717, 1.165) is 46.9 Å². The van der Waals surface area contributed by atoms with Crippen LogP contribution in [0.3, 0.4) is 0 Å². The number of alkyl halides is 3. The molecule has 6 rings (SSSR count). The molecule has 1 aliphatic carbocycles. The van der Waals surface area contributed by atoms with Crippen LogP contribution in [0, 0.1) is 12.8 Å². The summed E-state index contributed by atoms with van der Waals surface area (Å²) in [7, 11) is -3.90. The molecule has 3 aromatic carbocycles. The minimum absolute atomic E-state index is 0.138. The molecule has 4 aromatic rings. The smallest absolute Gasteiger partial charge is 0.435 e. The van der Waals surface area contributed by atoms with Crippen molar-refractivity contribution < 1.29 is 31.4 Å². The molecular formula is C38H44F3N3O4S. The lowest BCUT2D eigenvalue weighted by Crippen LogP contribution is -2.45. The molecule has 0 saturated heterocycles. The van der Waals surface area contributed by atoms with Crippen LogP contribution in [0.5, 0.6) is 11.5 Å². The molecule has 2 heterocycles. The lowest BCUT2D eigenvalue weighted by Gasteiger charge is -2.46. The maximum Gasteiger partial charge on any atom is 0.435 e. The summed E-state index contributed by atoms with van der Waals surface area (Å²) in [5.41, 5.74) is 4.45. The van der Waals surface area contributed by atoms with Crippen LogP contribution in [0.4, 0.5) is 13.2 Å². The SMILES string of the molecule is CCCCCc1cc(O)c2c(c1)OC(C)(C)[C@@H]1CCC(C)=C[C@@H]21.Cc1ccc(-c2cc(C(F)(F)F)nn2-c2ccc(S(N)(=O)=O)cc2)cc1. The monoisotopic (exact) mass is 695 g/mol. The van der Waals surface area contributed by atoms with Gasteiger partial charge in [-0.1, -0.05) is 61.2 Å². The second kappa shape index (κ2) is 14.0. The van der Waals surface area contributed by atoms with Crippen molar-refractivity contribution in [2.24, 2.45) is 11.1 Å². The molecule has 0 amide bonds. The number of benzene rings is 3. The van der Waals surface area contributed by atoms with Gasteiger partial charge in [-0.3, -0.25) is 0 Å². The number of ether oxygens (including phenoxy) is 1. The molecule has 7 nitrogen and oxygen atoms in total. The zero-order valence-electron chi connectivity index (χ0n) is 28.5. The lowest BCUT2D eigenvalue weighted by molar-refractivity contribution is -0.141. The summed E-state index contributed by atoms with van der Waals surface area (Å²) in [4.78, 5) is -0.138. The van der Waals surface area contributed by atoms with Gasteiger partial charge in [0.15, 0.2) is 5.69 Å². The standard InChI is InChI=1S/C21H30O2.C17H14F3N3O2S/c1-5-6-7-8-15-12-18(22)20-16-11-14(2)9-10-17(16)21(3,4)23-19(20)13-15;1-11-2-4-12(5-3-11)15-10-16(17(18,19)20)22-23(15)13-6-8-14(9-7-13)26(21,24)25/h11-13,16-17,22H,5-10H2,1-4H3;2-10H,1H3,(H2,21,24,25)/t16-,17-;/m1./s1. The molecule has 49 heavy (non-hydrogen) atoms. The van der Waals surface area contributed by atoms with Gasteiger partial charge in [-0.15, -0.1) is 0 Å². The van der Waals surface area contributed by atoms with Crippen LogP contribution < -0.4 is 9.88 Å². The van der Waals surface area contributed by atoms with E-state index in [-0.39, 0.29) is 27.8 Å². The first-order chi connectivity index (χ1) is 23.0. The fraction of sp³-hybridized carbons (Fsp3) is 0.395. The van der Waals surface area contributed by atoms with Crippen LogP contribution in [-0.2, 0) is 22.6 Å². The van der Waals surface area contributed by atoms with Crippen molar-refractivity contribution in [3.63, 3.8) is 0 Å². The Hall–Kier alpha value is -4.09. The molecule has 1 aromatic heterocycles. The third kappa shape index (κ3) is 8.21. The summed E-state index contributed by atoms with van der Waals surface area (Å²) < 4.78 is 69.6. The Balaban J connectivity index is 0.000000192. The summed E-state index contributed by atoms with van der Waals surface area (Å²) in [6, 6.07) is 17.2. The van der Waals surface area contributed by atoms with Gasteiger partial charge in [0.25, 0.3) is 0 Å². The second-order valence-electron chi connectivity index (χ2n) is 13.6. The van der Waals surface area contributed by atoms with Gasteiger partial charge in [0.05, 0.1) is 16.3 Å². The fourth-order valence-corrected chi connectivity index (χ4v) is 7.24. The van der Waals surface area contributed by atoms with Crippen LogP contribution in [0.25, 0.3) is 16.9 Å². The summed E-state index contributed by atoms with van der Waals surface area (Å²) in [6.45, 7) is 10.7. The number of halogens is 3. The van der Waals surface area contributed by atoms with E-state index in [9.17, 15) is 26.7 Å². The highest BCUT2D eigenvalue weighted by Gasteiger charge is 2.45. The molecule has 0 spiro atoms. The zero-order valence-corrected chi connectivity index (χ0v) is 29.3. The normalized spacial score (nSPS) is 18.3. The van der Waals surface area contributed by atoms with Crippen LogP contribution in [0.1, 0.15) is 88.1 Å². The zero-order chi connectivity index (χ0) is 35.7. The number of phenols is 1. The summed E-state index contributed by atoms with van der Waals surface area (Å²) in [5, 5.41) is 19.4. The Morgan fingerprint density at radius 2 is 1.69 bits per heavy atom. The van der Waals surface area contributed by atoms with Gasteiger partial charge in [-0.25, -0.2) is 18.2 Å². The Labute approximate surface area is 286 Å². The van der Waals surface area contributed by atoms with Gasteiger partial charge >= 0.3 is 6.18 Å². The van der Waals surface area contributed by atoms with Gasteiger partial charge in [-0.05, 0) is 101 Å². The van der Waals surface area contributed by atoms with Crippen LogP contribution in [0.15, 0.2) is 83.3 Å². The minimum atomic E-state index is -4.61. The quantitative estimate of drug-likeness (QED) is 0.148. The molecule has 3 N–H and O–H groups in total. The van der Waals surface area contributed by atoms with Crippen molar-refractivity contribution in [1.29, 1.82) is 0 Å². The third-order valence-corrected chi connectivity index (χ3v) is 10.3. The Bertz CT molecular complexity index is 1930. The van der Waals surface area contributed by atoms with Crippen LogP contribution in [-0.4, -0.2) is 28.9 Å². The number of aromatic hydroxyl groups is 1. The highest BCUT2D eigenvalue weighted by atomic mass is 32.2. The van der Waals surface area contributed by atoms with Gasteiger partial charge in [0, 0.05) is 23.0 Å². The number of unbranched alkanes of at least 4 members (excludes halogenated alkanes) is 2. The average molecular weight is 696 g/mol. The predicted molar refractivity (Wildman–Crippen MR) is 185 cm³/mol. The molecule has 262 valence electrons. The molecule has 0 radical (unpaired) electrons. The summed E-state index contributed by atoms with van der Waals surface area (Å²) in [5.74, 6) is 2.04. The fourth-order valence-electron chi connectivity index (χ4n) is 6.73. The van der Waals surface area contributed by atoms with Gasteiger partial charge in [0.2, 0.25) is 10.0 Å². The molecular weight excluding hydrogens is 651 g/mol. The number of nitrogens with two attached hydrogens (primary N) is 1. The minimum Gasteiger partial charge on any atom is -0.507 e. The van der Waals surface area contributed by atoms with E-state index < -0.39 is 21.9 Å². The first-order valence-corrected chi connectivity index (χ1v) is 18.1. The topological polar surface area (TPSA) is 107 Å². The highest BCUT2D eigenvalue weighted by molar-refractivity contribution is 7.89. The van der Waals surface area contributed by atoms with E-state index in [1.54, 1.807) is 24.3 Å². The van der Waals surface area contributed by atoms with E-state index in [4.69, 9.17) is 9.88 Å². The predicted octanol–water partition coefficient (Wildman–Crippen LogP) is 9.25. The number of rotatable bonds is 7. The lowest BCUT2D eigenvalue weighted by atomic mass is 9.68. The van der Waals surface area contributed by atoms with Gasteiger partial charge in [-0.2, -0.15) is 18.3 Å². The van der Waals surface area contributed by atoms with Crippen molar-refractivity contribution in [3.8, 4) is 28.4 Å². The Morgan fingerprint density at radius 3 is 2.31 bits per heavy atom. The number of sulfonamides is 1. The summed E-state index contributed by atoms with van der Waals surface area (Å²) >= 11 is 0. The van der Waals surface area contributed by atoms with Crippen molar-refractivity contribution >= 4 is 10.0 Å². The molecule has 11 heteroatoms. The number of aromatic nitrogens is 2. The molecule has 0 bridgehead atoms. The molecule has 2 atom stereocenters. The Morgan fingerprint density at radius 1 is 1.02 bits per heavy atom. The van der Waals surface area contributed by atoms with Crippen LogP contribution >= 0.6 is 0 Å². The molecule has 0 saturated carbocycles. The maximum absolute atomic E-state index is 13.1. The van der Waals surface area contributed by atoms with Crippen molar-refractivity contribution in [3.05, 3.63) is 101 Å². The van der Waals surface area contributed by atoms with E-state index in [2.05, 4.69) is 44.9 Å². The van der Waals surface area contributed by atoms with Gasteiger partial charge < -0.3 is 9.84 Å². The van der Waals surface area contributed by atoms with Crippen molar-refractivity contribution in [2.75, 3.05) is 0 Å². The van der Waals surface area contributed by atoms with Crippen LogP contribution in [0.2, 0.25) is 0 Å². The molecule has 2 aliphatic rings. The molecule has 0 unspecified atom stereocenters. The number of phenolic OH excluding ortho intramolecular Hbond substituents is 1. The average Bonchev–Trinajstić information content (AvgIpc) is 3.47. The maximum atomic E-state index is 13.1. The number of fused-ring (bicyclic) bond motifs is 3. The second-order valence-corrected chi connectivity index (χ2v) is 15.2. The van der Waals surface area contributed by atoms with Crippen molar-refractivity contribution in [1.82, 2.24) is 9.78 Å². The first-order valence-electron chi connectivity index (χ1n) is 16.6.